The van der Waals surface area contributed by atoms with E-state index in [0.29, 0.717) is 12.1 Å². The molecule has 0 radical (unpaired) electrons. The van der Waals surface area contributed by atoms with Crippen molar-refractivity contribution in [3.63, 3.8) is 0 Å². The van der Waals surface area contributed by atoms with Crippen molar-refractivity contribution in [3.8, 4) is 0 Å². The molecule has 14 heavy (non-hydrogen) atoms. The molecule has 0 aliphatic rings. The number of nitrogens with zero attached hydrogens (tertiary/aromatic N) is 1. The first-order valence-corrected chi connectivity index (χ1v) is 6.04. The molecule has 2 N–H and O–H groups in total. The minimum atomic E-state index is 0.475. The molecular weight excluding hydrogens is 192 g/mol. The Bertz CT molecular complexity index is 242. The molecule has 0 saturated carbocycles. The molecule has 0 spiro atoms. The second-order valence-corrected chi connectivity index (χ2v) is 4.63. The standard InChI is InChI=1S/C11H20N2S/c1-4-10(8-12)13(3)9(2)11-6-5-7-14-11/h5-7,9-10H,4,8,12H2,1-3H3. The Morgan fingerprint density at radius 3 is 2.71 bits per heavy atom. The lowest BCUT2D eigenvalue weighted by Crippen LogP contribution is -2.38. The number of rotatable bonds is 5. The third-order valence-electron chi connectivity index (χ3n) is 2.89. The van der Waals surface area contributed by atoms with Crippen LogP contribution in [-0.2, 0) is 0 Å². The summed E-state index contributed by atoms with van der Waals surface area (Å²) in [4.78, 5) is 3.78. The van der Waals surface area contributed by atoms with Gasteiger partial charge in [0.2, 0.25) is 0 Å². The molecule has 0 bridgehead atoms. The van der Waals surface area contributed by atoms with Gasteiger partial charge >= 0.3 is 0 Å². The summed E-state index contributed by atoms with van der Waals surface area (Å²) in [7, 11) is 2.16. The zero-order chi connectivity index (χ0) is 10.6. The second kappa shape index (κ2) is 5.49. The Morgan fingerprint density at radius 1 is 1.57 bits per heavy atom. The van der Waals surface area contributed by atoms with Gasteiger partial charge in [0, 0.05) is 23.5 Å². The summed E-state index contributed by atoms with van der Waals surface area (Å²) in [5.41, 5.74) is 5.74. The predicted octanol–water partition coefficient (Wildman–Crippen LogP) is 2.48. The SMILES string of the molecule is CCC(CN)N(C)C(C)c1cccs1. The highest BCUT2D eigenvalue weighted by Crippen LogP contribution is 2.25. The van der Waals surface area contributed by atoms with E-state index in [4.69, 9.17) is 5.73 Å². The van der Waals surface area contributed by atoms with Gasteiger partial charge in [-0.05, 0) is 31.8 Å². The van der Waals surface area contributed by atoms with Crippen LogP contribution in [0.15, 0.2) is 17.5 Å². The van der Waals surface area contributed by atoms with Gasteiger partial charge in [0.15, 0.2) is 0 Å². The first kappa shape index (κ1) is 11.7. The smallest absolute Gasteiger partial charge is 0.0413 e. The van der Waals surface area contributed by atoms with Gasteiger partial charge in [-0.15, -0.1) is 11.3 Å². The van der Waals surface area contributed by atoms with Crippen molar-refractivity contribution in [2.24, 2.45) is 5.73 Å². The van der Waals surface area contributed by atoms with Crippen molar-refractivity contribution in [3.05, 3.63) is 22.4 Å². The highest BCUT2D eigenvalue weighted by atomic mass is 32.1. The molecule has 2 atom stereocenters. The summed E-state index contributed by atoms with van der Waals surface area (Å²) in [5.74, 6) is 0. The van der Waals surface area contributed by atoms with Crippen LogP contribution in [0.1, 0.15) is 31.2 Å². The van der Waals surface area contributed by atoms with Crippen LogP contribution in [0, 0.1) is 0 Å². The maximum Gasteiger partial charge on any atom is 0.0413 e. The third kappa shape index (κ3) is 2.56. The molecule has 0 saturated heterocycles. The topological polar surface area (TPSA) is 29.3 Å². The number of nitrogens with two attached hydrogens (primary N) is 1. The van der Waals surface area contributed by atoms with Gasteiger partial charge in [-0.1, -0.05) is 13.0 Å². The molecule has 2 nitrogen and oxygen atoms in total. The Hall–Kier alpha value is -0.380. The summed E-state index contributed by atoms with van der Waals surface area (Å²) in [6.07, 6.45) is 1.11. The van der Waals surface area contributed by atoms with E-state index in [1.807, 2.05) is 11.3 Å². The summed E-state index contributed by atoms with van der Waals surface area (Å²) >= 11 is 1.82. The van der Waals surface area contributed by atoms with E-state index in [9.17, 15) is 0 Å². The van der Waals surface area contributed by atoms with Gasteiger partial charge in [-0.2, -0.15) is 0 Å². The third-order valence-corrected chi connectivity index (χ3v) is 3.93. The summed E-state index contributed by atoms with van der Waals surface area (Å²) in [6, 6.07) is 5.26. The molecular formula is C11H20N2S. The zero-order valence-corrected chi connectivity index (χ0v) is 10.1. The maximum atomic E-state index is 5.74. The van der Waals surface area contributed by atoms with E-state index in [-0.39, 0.29) is 0 Å². The summed E-state index contributed by atoms with van der Waals surface area (Å²) < 4.78 is 0. The number of thiophene rings is 1. The molecule has 1 rings (SSSR count). The normalized spacial score (nSPS) is 15.8. The maximum absolute atomic E-state index is 5.74. The molecule has 1 aromatic rings. The lowest BCUT2D eigenvalue weighted by Gasteiger charge is -2.31. The first-order chi connectivity index (χ1) is 6.70. The Morgan fingerprint density at radius 2 is 2.29 bits per heavy atom. The monoisotopic (exact) mass is 212 g/mol. The predicted molar refractivity (Wildman–Crippen MR) is 63.6 cm³/mol. The van der Waals surface area contributed by atoms with Crippen molar-refractivity contribution in [2.75, 3.05) is 13.6 Å². The van der Waals surface area contributed by atoms with Gasteiger partial charge in [0.1, 0.15) is 0 Å². The van der Waals surface area contributed by atoms with E-state index in [0.717, 1.165) is 13.0 Å². The fraction of sp³-hybridized carbons (Fsp3) is 0.636. The van der Waals surface area contributed by atoms with Gasteiger partial charge in [0.05, 0.1) is 0 Å². The highest BCUT2D eigenvalue weighted by molar-refractivity contribution is 7.10. The van der Waals surface area contributed by atoms with Crippen molar-refractivity contribution in [2.45, 2.75) is 32.4 Å². The van der Waals surface area contributed by atoms with Crippen LogP contribution >= 0.6 is 11.3 Å². The second-order valence-electron chi connectivity index (χ2n) is 3.65. The number of hydrogen-bond donors (Lipinski definition) is 1. The lowest BCUT2D eigenvalue weighted by atomic mass is 10.1. The van der Waals surface area contributed by atoms with Crippen molar-refractivity contribution in [1.82, 2.24) is 4.90 Å². The zero-order valence-electron chi connectivity index (χ0n) is 9.23. The fourth-order valence-corrected chi connectivity index (χ4v) is 2.50. The molecule has 0 aliphatic carbocycles. The molecule has 1 aromatic heterocycles. The van der Waals surface area contributed by atoms with Crippen LogP contribution in [0.4, 0.5) is 0 Å². The Labute approximate surface area is 90.7 Å². The van der Waals surface area contributed by atoms with Crippen molar-refractivity contribution < 1.29 is 0 Å². The molecule has 0 amide bonds. The molecule has 1 heterocycles. The van der Waals surface area contributed by atoms with Crippen LogP contribution in [0.5, 0.6) is 0 Å². The van der Waals surface area contributed by atoms with Crippen molar-refractivity contribution >= 4 is 11.3 Å². The molecule has 80 valence electrons. The molecule has 3 heteroatoms. The van der Waals surface area contributed by atoms with E-state index in [1.54, 1.807) is 0 Å². The van der Waals surface area contributed by atoms with E-state index in [1.165, 1.54) is 4.88 Å². The van der Waals surface area contributed by atoms with E-state index >= 15 is 0 Å². The lowest BCUT2D eigenvalue weighted by molar-refractivity contribution is 0.187. The van der Waals surface area contributed by atoms with Crippen LogP contribution in [0.3, 0.4) is 0 Å². The number of hydrogen-bond acceptors (Lipinski definition) is 3. The molecule has 2 unspecified atom stereocenters. The van der Waals surface area contributed by atoms with E-state index in [2.05, 4.69) is 43.3 Å². The molecule has 0 aliphatic heterocycles. The van der Waals surface area contributed by atoms with Gasteiger partial charge in [0.25, 0.3) is 0 Å². The van der Waals surface area contributed by atoms with Crippen LogP contribution < -0.4 is 5.73 Å². The minimum absolute atomic E-state index is 0.475. The largest absolute Gasteiger partial charge is 0.329 e. The Kier molecular flexibility index (Phi) is 4.58. The average Bonchev–Trinajstić information content (AvgIpc) is 2.71. The summed E-state index contributed by atoms with van der Waals surface area (Å²) in [6.45, 7) is 5.17. The van der Waals surface area contributed by atoms with Gasteiger partial charge in [-0.3, -0.25) is 4.90 Å². The van der Waals surface area contributed by atoms with E-state index < -0.39 is 0 Å². The van der Waals surface area contributed by atoms with Crippen LogP contribution in [-0.4, -0.2) is 24.5 Å². The number of likely N-dealkylation sites (N-methyl/N-ethyl adjacent to an activating group) is 1. The fourth-order valence-electron chi connectivity index (χ4n) is 1.67. The first-order valence-electron chi connectivity index (χ1n) is 5.16. The molecule has 0 fully saturated rings. The Balaban J connectivity index is 2.64. The highest BCUT2D eigenvalue weighted by Gasteiger charge is 2.18. The van der Waals surface area contributed by atoms with Gasteiger partial charge < -0.3 is 5.73 Å². The minimum Gasteiger partial charge on any atom is -0.329 e. The van der Waals surface area contributed by atoms with Crippen LogP contribution in [0.2, 0.25) is 0 Å². The summed E-state index contributed by atoms with van der Waals surface area (Å²) in [5, 5.41) is 2.13. The van der Waals surface area contributed by atoms with Gasteiger partial charge in [-0.25, -0.2) is 0 Å². The van der Waals surface area contributed by atoms with Crippen LogP contribution in [0.25, 0.3) is 0 Å². The molecule has 0 aromatic carbocycles. The average molecular weight is 212 g/mol. The van der Waals surface area contributed by atoms with Crippen molar-refractivity contribution in [1.29, 1.82) is 0 Å². The quantitative estimate of drug-likeness (QED) is 0.812.